The molecule has 9 heteroatoms. The van der Waals surface area contributed by atoms with E-state index < -0.39 is 16.1 Å². The van der Waals surface area contributed by atoms with Gasteiger partial charge in [0.1, 0.15) is 11.8 Å². The second-order valence-corrected chi connectivity index (χ2v) is 10.8. The van der Waals surface area contributed by atoms with E-state index in [9.17, 15) is 13.2 Å². The zero-order valence-corrected chi connectivity index (χ0v) is 20.1. The fourth-order valence-electron chi connectivity index (χ4n) is 4.27. The van der Waals surface area contributed by atoms with Gasteiger partial charge in [0.15, 0.2) is 5.13 Å². The molecule has 1 fully saturated rings. The Bertz CT molecular complexity index is 1440. The van der Waals surface area contributed by atoms with Crippen LogP contribution in [0.1, 0.15) is 12.8 Å². The second kappa shape index (κ2) is 9.17. The zero-order valence-electron chi connectivity index (χ0n) is 18.5. The number of benzene rings is 3. The number of fused-ring (bicyclic) bond motifs is 1. The number of rotatable bonds is 6. The first kappa shape index (κ1) is 22.5. The van der Waals surface area contributed by atoms with Crippen molar-refractivity contribution in [1.29, 1.82) is 0 Å². The predicted molar refractivity (Wildman–Crippen MR) is 134 cm³/mol. The number of nitrogens with one attached hydrogen (secondary N) is 1. The quantitative estimate of drug-likeness (QED) is 0.418. The van der Waals surface area contributed by atoms with Gasteiger partial charge in [-0.05, 0) is 47.9 Å². The first-order valence-electron chi connectivity index (χ1n) is 10.9. The molecule has 1 amide bonds. The number of ether oxygens (including phenoxy) is 1. The van der Waals surface area contributed by atoms with E-state index >= 15 is 0 Å². The number of carbonyl (C=O) groups excluding carboxylic acids is 1. The van der Waals surface area contributed by atoms with Gasteiger partial charge in [-0.3, -0.25) is 4.79 Å². The third kappa shape index (κ3) is 4.18. The van der Waals surface area contributed by atoms with Crippen molar-refractivity contribution in [2.45, 2.75) is 23.8 Å². The van der Waals surface area contributed by atoms with Gasteiger partial charge in [0.2, 0.25) is 15.9 Å². The van der Waals surface area contributed by atoms with Crippen LogP contribution in [0.2, 0.25) is 0 Å². The van der Waals surface area contributed by atoms with Gasteiger partial charge < -0.3 is 10.1 Å². The lowest BCUT2D eigenvalue weighted by Crippen LogP contribution is -2.43. The largest absolute Gasteiger partial charge is 0.497 e. The van der Waals surface area contributed by atoms with Crippen molar-refractivity contribution in [3.8, 4) is 17.0 Å². The number of anilines is 1. The second-order valence-electron chi connectivity index (χ2n) is 8.00. The van der Waals surface area contributed by atoms with E-state index in [1.54, 1.807) is 12.1 Å². The van der Waals surface area contributed by atoms with Crippen LogP contribution in [0.4, 0.5) is 5.13 Å². The molecule has 2 heterocycles. The molecule has 174 valence electrons. The van der Waals surface area contributed by atoms with E-state index in [1.807, 2.05) is 47.8 Å². The molecular formula is C25H23N3O4S2. The lowest BCUT2D eigenvalue weighted by molar-refractivity contribution is -0.119. The van der Waals surface area contributed by atoms with Crippen molar-refractivity contribution in [3.63, 3.8) is 0 Å². The molecule has 3 aromatic carbocycles. The van der Waals surface area contributed by atoms with E-state index in [1.165, 1.54) is 34.9 Å². The molecular weight excluding hydrogens is 470 g/mol. The van der Waals surface area contributed by atoms with Crippen molar-refractivity contribution in [2.24, 2.45) is 0 Å². The van der Waals surface area contributed by atoms with Crippen LogP contribution in [-0.4, -0.2) is 43.3 Å². The topological polar surface area (TPSA) is 88.6 Å². The maximum Gasteiger partial charge on any atom is 0.244 e. The number of nitrogens with zero attached hydrogens (tertiary/aromatic N) is 2. The maximum atomic E-state index is 13.2. The Kier molecular flexibility index (Phi) is 6.07. The van der Waals surface area contributed by atoms with Crippen LogP contribution >= 0.6 is 11.3 Å². The highest BCUT2D eigenvalue weighted by Crippen LogP contribution is 2.32. The van der Waals surface area contributed by atoms with Crippen molar-refractivity contribution in [2.75, 3.05) is 19.0 Å². The lowest BCUT2D eigenvalue weighted by Gasteiger charge is -2.23. The number of hydrogen-bond donors (Lipinski definition) is 1. The van der Waals surface area contributed by atoms with Crippen molar-refractivity contribution in [1.82, 2.24) is 9.29 Å². The molecule has 1 aromatic heterocycles. The number of aromatic nitrogens is 1. The van der Waals surface area contributed by atoms with E-state index in [4.69, 9.17) is 4.74 Å². The smallest absolute Gasteiger partial charge is 0.244 e. The van der Waals surface area contributed by atoms with Gasteiger partial charge >= 0.3 is 0 Å². The lowest BCUT2D eigenvalue weighted by atomic mass is 10.0. The molecule has 7 nitrogen and oxygen atoms in total. The number of carbonyl (C=O) groups is 1. The van der Waals surface area contributed by atoms with Crippen molar-refractivity contribution < 1.29 is 17.9 Å². The Labute approximate surface area is 202 Å². The van der Waals surface area contributed by atoms with E-state index in [2.05, 4.69) is 10.3 Å². The molecule has 1 saturated heterocycles. The van der Waals surface area contributed by atoms with Crippen LogP contribution in [0.3, 0.4) is 0 Å². The highest BCUT2D eigenvalue weighted by molar-refractivity contribution is 7.89. The highest BCUT2D eigenvalue weighted by atomic mass is 32.2. The average molecular weight is 494 g/mol. The first-order chi connectivity index (χ1) is 16.5. The molecule has 1 atom stereocenters. The Morgan fingerprint density at radius 3 is 2.65 bits per heavy atom. The van der Waals surface area contributed by atoms with Crippen LogP contribution in [0, 0.1) is 0 Å². The summed E-state index contributed by atoms with van der Waals surface area (Å²) in [6, 6.07) is 19.5. The SMILES string of the molecule is COc1ccc(S(=O)(=O)N2CCCC2C(=O)Nc2nc(-c3cccc4ccccc34)cs2)cc1. The minimum atomic E-state index is -3.81. The standard InChI is InChI=1S/C25H23N3O4S2/c1-32-18-11-13-19(14-12-18)34(30,31)28-15-5-10-23(28)24(29)27-25-26-22(16-33-25)21-9-4-7-17-6-2-3-8-20(17)21/h2-4,6-9,11-14,16,23H,5,10,15H2,1H3,(H,26,27,29). The minimum absolute atomic E-state index is 0.139. The molecule has 1 aliphatic heterocycles. The summed E-state index contributed by atoms with van der Waals surface area (Å²) in [6.45, 7) is 0.297. The fraction of sp³-hybridized carbons (Fsp3) is 0.200. The normalized spacial score (nSPS) is 16.6. The number of amides is 1. The van der Waals surface area contributed by atoms with E-state index in [-0.39, 0.29) is 10.8 Å². The molecule has 1 aliphatic rings. The van der Waals surface area contributed by atoms with Crippen LogP contribution in [0.5, 0.6) is 5.75 Å². The van der Waals surface area contributed by atoms with Gasteiger partial charge in [-0.25, -0.2) is 13.4 Å². The summed E-state index contributed by atoms with van der Waals surface area (Å²) >= 11 is 1.32. The van der Waals surface area contributed by atoms with Crippen LogP contribution < -0.4 is 10.1 Å². The molecule has 0 saturated carbocycles. The van der Waals surface area contributed by atoms with Crippen molar-refractivity contribution >= 4 is 43.2 Å². The zero-order chi connectivity index (χ0) is 23.7. The Morgan fingerprint density at radius 1 is 1.09 bits per heavy atom. The molecule has 34 heavy (non-hydrogen) atoms. The summed E-state index contributed by atoms with van der Waals surface area (Å²) < 4.78 is 32.8. The van der Waals surface area contributed by atoms with E-state index in [0.29, 0.717) is 30.3 Å². The minimum Gasteiger partial charge on any atom is -0.497 e. The van der Waals surface area contributed by atoms with Crippen LogP contribution in [0.15, 0.2) is 77.0 Å². The number of thiazole rings is 1. The summed E-state index contributed by atoms with van der Waals surface area (Å²) in [5.74, 6) is 0.203. The summed E-state index contributed by atoms with van der Waals surface area (Å²) in [7, 11) is -2.29. The number of hydrogen-bond acceptors (Lipinski definition) is 6. The predicted octanol–water partition coefficient (Wildman–Crippen LogP) is 4.76. The third-order valence-corrected chi connectivity index (χ3v) is 8.65. The Morgan fingerprint density at radius 2 is 1.85 bits per heavy atom. The molecule has 0 bridgehead atoms. The monoisotopic (exact) mass is 493 g/mol. The Balaban J connectivity index is 1.35. The van der Waals surface area contributed by atoms with Crippen molar-refractivity contribution in [3.05, 3.63) is 72.1 Å². The molecule has 1 N–H and O–H groups in total. The molecule has 0 spiro atoms. The third-order valence-electron chi connectivity index (χ3n) is 5.97. The van der Waals surface area contributed by atoms with Gasteiger partial charge in [0.05, 0.1) is 17.7 Å². The van der Waals surface area contributed by atoms with Crippen LogP contribution in [-0.2, 0) is 14.8 Å². The van der Waals surface area contributed by atoms with Gasteiger partial charge in [-0.2, -0.15) is 4.31 Å². The summed E-state index contributed by atoms with van der Waals surface area (Å²) in [5.41, 5.74) is 1.76. The van der Waals surface area contributed by atoms with E-state index in [0.717, 1.165) is 22.0 Å². The molecule has 4 aromatic rings. The van der Waals surface area contributed by atoms with Gasteiger partial charge in [0, 0.05) is 17.5 Å². The molecule has 1 unspecified atom stereocenters. The van der Waals surface area contributed by atoms with Crippen LogP contribution in [0.25, 0.3) is 22.0 Å². The van der Waals surface area contributed by atoms with Gasteiger partial charge in [-0.15, -0.1) is 11.3 Å². The summed E-state index contributed by atoms with van der Waals surface area (Å²) in [6.07, 6.45) is 1.08. The van der Waals surface area contributed by atoms with Gasteiger partial charge in [-0.1, -0.05) is 42.5 Å². The number of sulfonamides is 1. The summed E-state index contributed by atoms with van der Waals surface area (Å²) in [4.78, 5) is 17.8. The molecule has 5 rings (SSSR count). The first-order valence-corrected chi connectivity index (χ1v) is 13.2. The highest BCUT2D eigenvalue weighted by Gasteiger charge is 2.39. The summed E-state index contributed by atoms with van der Waals surface area (Å²) in [5, 5.41) is 7.38. The van der Waals surface area contributed by atoms with Gasteiger partial charge in [0.25, 0.3) is 0 Å². The fourth-order valence-corrected chi connectivity index (χ4v) is 6.64. The Hall–Kier alpha value is -3.27. The maximum absolute atomic E-state index is 13.2. The molecule has 0 radical (unpaired) electrons. The molecule has 0 aliphatic carbocycles. The average Bonchev–Trinajstić information content (AvgIpc) is 3.54. The number of methoxy groups -OCH3 is 1.